The fourth-order valence-corrected chi connectivity index (χ4v) is 2.40. The van der Waals surface area contributed by atoms with Crippen molar-refractivity contribution in [3.63, 3.8) is 0 Å². The van der Waals surface area contributed by atoms with E-state index in [0.717, 1.165) is 34.4 Å². The average molecular weight is 290 g/mol. The highest BCUT2D eigenvalue weighted by Gasteiger charge is 2.07. The second kappa shape index (κ2) is 5.31. The van der Waals surface area contributed by atoms with E-state index in [2.05, 4.69) is 15.3 Å². The second-order valence-electron chi connectivity index (χ2n) is 4.86. The molecule has 0 saturated carbocycles. The molecule has 3 aromatic rings. The van der Waals surface area contributed by atoms with Crippen LogP contribution in [-0.4, -0.2) is 9.97 Å². The molecule has 0 aliphatic heterocycles. The third-order valence-electron chi connectivity index (χ3n) is 3.39. The van der Waals surface area contributed by atoms with Gasteiger partial charge in [-0.3, -0.25) is 0 Å². The molecule has 2 N–H and O–H groups in total. The van der Waals surface area contributed by atoms with Crippen LogP contribution in [0.15, 0.2) is 28.8 Å². The number of nitrogens with one attached hydrogen (secondary N) is 2. The Morgan fingerprint density at radius 3 is 2.90 bits per heavy atom. The number of H-pyrrole nitrogens is 1. The molecule has 1 aromatic carbocycles. The van der Waals surface area contributed by atoms with Crippen LogP contribution in [0.4, 0.5) is 0 Å². The molecular formula is C15H16ClN3O. The van der Waals surface area contributed by atoms with Crippen molar-refractivity contribution in [1.29, 1.82) is 0 Å². The number of aromatic amines is 1. The largest absolute Gasteiger partial charge is 0.444 e. The molecule has 0 amide bonds. The maximum Gasteiger partial charge on any atom is 0.208 e. The molecule has 2 heterocycles. The third-order valence-corrected chi connectivity index (χ3v) is 3.63. The molecule has 0 aliphatic carbocycles. The van der Waals surface area contributed by atoms with Crippen LogP contribution >= 0.6 is 11.6 Å². The summed E-state index contributed by atoms with van der Waals surface area (Å²) in [6.45, 7) is 5.25. The molecule has 0 atom stereocenters. The number of benzene rings is 1. The second-order valence-corrected chi connectivity index (χ2v) is 5.29. The third kappa shape index (κ3) is 2.57. The Labute approximate surface area is 122 Å². The van der Waals surface area contributed by atoms with Gasteiger partial charge in [-0.2, -0.15) is 0 Å². The van der Waals surface area contributed by atoms with Crippen molar-refractivity contribution in [2.75, 3.05) is 0 Å². The molecule has 0 unspecified atom stereocenters. The summed E-state index contributed by atoms with van der Waals surface area (Å²) in [5, 5.41) is 5.26. The van der Waals surface area contributed by atoms with Crippen LogP contribution in [-0.2, 0) is 13.1 Å². The SMILES string of the molecule is Cc1nc(CNCc2c[nH]c3cc(Cl)ccc23)oc1C. The summed E-state index contributed by atoms with van der Waals surface area (Å²) >= 11 is 5.97. The molecule has 3 rings (SSSR count). The van der Waals surface area contributed by atoms with Crippen molar-refractivity contribution >= 4 is 22.5 Å². The molecule has 0 bridgehead atoms. The minimum Gasteiger partial charge on any atom is -0.444 e. The highest BCUT2D eigenvalue weighted by Crippen LogP contribution is 2.22. The van der Waals surface area contributed by atoms with Gasteiger partial charge in [0.2, 0.25) is 5.89 Å². The van der Waals surface area contributed by atoms with E-state index in [1.807, 2.05) is 38.2 Å². The number of aryl methyl sites for hydroxylation is 2. The molecule has 0 spiro atoms. The van der Waals surface area contributed by atoms with Crippen LogP contribution in [0.1, 0.15) is 22.9 Å². The van der Waals surface area contributed by atoms with Gasteiger partial charge in [0.15, 0.2) is 0 Å². The molecular weight excluding hydrogens is 274 g/mol. The molecule has 2 aromatic heterocycles. The van der Waals surface area contributed by atoms with Gasteiger partial charge < -0.3 is 14.7 Å². The summed E-state index contributed by atoms with van der Waals surface area (Å²) in [4.78, 5) is 7.58. The lowest BCUT2D eigenvalue weighted by Crippen LogP contribution is -2.12. The molecule has 0 radical (unpaired) electrons. The van der Waals surface area contributed by atoms with Gasteiger partial charge in [0.1, 0.15) is 5.76 Å². The molecule has 5 heteroatoms. The lowest BCUT2D eigenvalue weighted by Gasteiger charge is -2.01. The van der Waals surface area contributed by atoms with Gasteiger partial charge in [-0.05, 0) is 31.5 Å². The van der Waals surface area contributed by atoms with Gasteiger partial charge in [0, 0.05) is 28.7 Å². The van der Waals surface area contributed by atoms with Gasteiger partial charge in [-0.15, -0.1) is 0 Å². The van der Waals surface area contributed by atoms with E-state index in [4.69, 9.17) is 16.0 Å². The highest BCUT2D eigenvalue weighted by atomic mass is 35.5. The van der Waals surface area contributed by atoms with Crippen molar-refractivity contribution in [3.05, 3.63) is 52.3 Å². The maximum absolute atomic E-state index is 5.97. The Kier molecular flexibility index (Phi) is 3.51. The van der Waals surface area contributed by atoms with Crippen LogP contribution in [0.25, 0.3) is 10.9 Å². The first-order valence-electron chi connectivity index (χ1n) is 6.52. The summed E-state index contributed by atoms with van der Waals surface area (Å²) < 4.78 is 5.54. The van der Waals surface area contributed by atoms with Gasteiger partial charge >= 0.3 is 0 Å². The van der Waals surface area contributed by atoms with E-state index < -0.39 is 0 Å². The summed E-state index contributed by atoms with van der Waals surface area (Å²) in [6.07, 6.45) is 2.00. The number of fused-ring (bicyclic) bond motifs is 1. The van der Waals surface area contributed by atoms with Crippen LogP contribution in [0.5, 0.6) is 0 Å². The first kappa shape index (κ1) is 13.2. The topological polar surface area (TPSA) is 53.9 Å². The molecule has 20 heavy (non-hydrogen) atoms. The van der Waals surface area contributed by atoms with Gasteiger partial charge in [-0.1, -0.05) is 17.7 Å². The lowest BCUT2D eigenvalue weighted by atomic mass is 10.2. The van der Waals surface area contributed by atoms with Crippen molar-refractivity contribution in [1.82, 2.24) is 15.3 Å². The maximum atomic E-state index is 5.97. The Hall–Kier alpha value is -1.78. The summed E-state index contributed by atoms with van der Waals surface area (Å²) in [5.41, 5.74) is 3.21. The van der Waals surface area contributed by atoms with Gasteiger partial charge in [0.25, 0.3) is 0 Å². The standard InChI is InChI=1S/C15H16ClN3O/c1-9-10(2)20-15(19-9)8-17-6-11-7-18-14-5-12(16)3-4-13(11)14/h3-5,7,17-18H,6,8H2,1-2H3. The first-order valence-corrected chi connectivity index (χ1v) is 6.90. The van der Waals surface area contributed by atoms with E-state index in [9.17, 15) is 0 Å². The Bertz CT molecular complexity index is 725. The predicted octanol–water partition coefficient (Wildman–Crippen LogP) is 3.72. The zero-order valence-corrected chi connectivity index (χ0v) is 12.2. The molecule has 104 valence electrons. The summed E-state index contributed by atoms with van der Waals surface area (Å²) in [7, 11) is 0. The van der Waals surface area contributed by atoms with Crippen LogP contribution in [0.3, 0.4) is 0 Å². The van der Waals surface area contributed by atoms with Crippen molar-refractivity contribution in [2.24, 2.45) is 0 Å². The Morgan fingerprint density at radius 1 is 1.30 bits per heavy atom. The van der Waals surface area contributed by atoms with E-state index in [1.165, 1.54) is 10.9 Å². The van der Waals surface area contributed by atoms with E-state index in [1.54, 1.807) is 0 Å². The van der Waals surface area contributed by atoms with Crippen LogP contribution in [0, 0.1) is 13.8 Å². The Balaban J connectivity index is 1.68. The van der Waals surface area contributed by atoms with Crippen molar-refractivity contribution < 1.29 is 4.42 Å². The first-order chi connectivity index (χ1) is 9.63. The van der Waals surface area contributed by atoms with Crippen molar-refractivity contribution in [3.8, 4) is 0 Å². The summed E-state index contributed by atoms with van der Waals surface area (Å²) in [5.74, 6) is 1.60. The van der Waals surface area contributed by atoms with Crippen LogP contribution in [0.2, 0.25) is 5.02 Å². The van der Waals surface area contributed by atoms with Gasteiger partial charge in [0.05, 0.1) is 12.2 Å². The number of oxazole rings is 1. The predicted molar refractivity (Wildman–Crippen MR) is 79.8 cm³/mol. The molecule has 0 aliphatic rings. The minimum absolute atomic E-state index is 0.620. The number of halogens is 1. The number of rotatable bonds is 4. The monoisotopic (exact) mass is 289 g/mol. The van der Waals surface area contributed by atoms with E-state index >= 15 is 0 Å². The van der Waals surface area contributed by atoms with Crippen molar-refractivity contribution in [2.45, 2.75) is 26.9 Å². The number of hydrogen-bond donors (Lipinski definition) is 2. The fourth-order valence-electron chi connectivity index (χ4n) is 2.22. The number of nitrogens with zero attached hydrogens (tertiary/aromatic N) is 1. The highest BCUT2D eigenvalue weighted by molar-refractivity contribution is 6.31. The quantitative estimate of drug-likeness (QED) is 0.770. The smallest absolute Gasteiger partial charge is 0.208 e. The molecule has 4 nitrogen and oxygen atoms in total. The van der Waals surface area contributed by atoms with Crippen LogP contribution < -0.4 is 5.32 Å². The fraction of sp³-hybridized carbons (Fsp3) is 0.267. The minimum atomic E-state index is 0.620. The van der Waals surface area contributed by atoms with E-state index in [-0.39, 0.29) is 0 Å². The van der Waals surface area contributed by atoms with Gasteiger partial charge in [-0.25, -0.2) is 4.98 Å². The Morgan fingerprint density at radius 2 is 2.15 bits per heavy atom. The van der Waals surface area contributed by atoms with E-state index in [0.29, 0.717) is 6.54 Å². The zero-order chi connectivity index (χ0) is 14.1. The normalized spacial score (nSPS) is 11.3. The molecule has 0 saturated heterocycles. The number of aromatic nitrogens is 2. The molecule has 0 fully saturated rings. The average Bonchev–Trinajstić information content (AvgIpc) is 2.94. The number of hydrogen-bond acceptors (Lipinski definition) is 3. The lowest BCUT2D eigenvalue weighted by molar-refractivity contribution is 0.449. The summed E-state index contributed by atoms with van der Waals surface area (Å²) in [6, 6.07) is 5.87. The zero-order valence-electron chi connectivity index (χ0n) is 11.5.